The largest absolute Gasteiger partial charge is 0.479 e. The average Bonchev–Trinajstić information content (AvgIpc) is 3.00. The van der Waals surface area contributed by atoms with Gasteiger partial charge in [0, 0.05) is 39.5 Å². The van der Waals surface area contributed by atoms with Crippen LogP contribution in [-0.4, -0.2) is 57.4 Å². The van der Waals surface area contributed by atoms with Crippen LogP contribution >= 0.6 is 0 Å². The van der Waals surface area contributed by atoms with Gasteiger partial charge in [-0.1, -0.05) is 0 Å². The third-order valence-electron chi connectivity index (χ3n) is 3.42. The van der Waals surface area contributed by atoms with Crippen molar-refractivity contribution in [2.75, 3.05) is 20.3 Å². The second kappa shape index (κ2) is 5.49. The van der Waals surface area contributed by atoms with Crippen LogP contribution in [0.1, 0.15) is 12.2 Å². The van der Waals surface area contributed by atoms with Gasteiger partial charge < -0.3 is 24.6 Å². The molecule has 2 rings (SSSR count). The molecule has 1 fully saturated rings. The number of imidazole rings is 1. The van der Waals surface area contributed by atoms with Crippen molar-refractivity contribution in [1.82, 2.24) is 19.8 Å². The number of amides is 2. The predicted molar refractivity (Wildman–Crippen MR) is 69.0 cm³/mol. The molecule has 1 unspecified atom stereocenters. The summed E-state index contributed by atoms with van der Waals surface area (Å²) in [6, 6.07) is -0.457. The van der Waals surface area contributed by atoms with Crippen molar-refractivity contribution in [3.63, 3.8) is 0 Å². The quantitative estimate of drug-likeness (QED) is 0.797. The highest BCUT2D eigenvalue weighted by atomic mass is 16.5. The van der Waals surface area contributed by atoms with Gasteiger partial charge >= 0.3 is 12.0 Å². The molecular weight excluding hydrogens is 264 g/mol. The van der Waals surface area contributed by atoms with E-state index in [2.05, 4.69) is 10.3 Å². The molecule has 0 bridgehead atoms. The number of hydrogen-bond donors (Lipinski definition) is 2. The summed E-state index contributed by atoms with van der Waals surface area (Å²) in [6.45, 7) is 0.617. The first-order valence-electron chi connectivity index (χ1n) is 6.25. The fourth-order valence-electron chi connectivity index (χ4n) is 2.02. The molecular formula is C12H18N4O4. The Balaban J connectivity index is 2.00. The lowest BCUT2D eigenvalue weighted by Crippen LogP contribution is -2.57. The van der Waals surface area contributed by atoms with E-state index in [1.54, 1.807) is 24.0 Å². The number of carboxylic acids is 1. The molecule has 1 saturated heterocycles. The van der Waals surface area contributed by atoms with Crippen LogP contribution in [0.25, 0.3) is 0 Å². The Kier molecular flexibility index (Phi) is 3.93. The van der Waals surface area contributed by atoms with E-state index >= 15 is 0 Å². The molecule has 1 aromatic heterocycles. The predicted octanol–water partition coefficient (Wildman–Crippen LogP) is -0.195. The number of aryl methyl sites for hydroxylation is 1. The molecule has 20 heavy (non-hydrogen) atoms. The van der Waals surface area contributed by atoms with E-state index in [-0.39, 0.29) is 13.0 Å². The van der Waals surface area contributed by atoms with Crippen LogP contribution in [0.3, 0.4) is 0 Å². The minimum atomic E-state index is -1.33. The third kappa shape index (κ3) is 2.74. The van der Waals surface area contributed by atoms with Gasteiger partial charge in [0.05, 0.1) is 13.2 Å². The smallest absolute Gasteiger partial charge is 0.332 e. The van der Waals surface area contributed by atoms with E-state index in [1.807, 2.05) is 7.05 Å². The number of carbonyl (C=O) groups is 2. The molecule has 1 aromatic rings. The number of ether oxygens (including phenoxy) is 1. The number of aliphatic carboxylic acids is 1. The maximum atomic E-state index is 12.1. The van der Waals surface area contributed by atoms with Crippen LogP contribution in [0.15, 0.2) is 12.4 Å². The Hall–Kier alpha value is -2.09. The molecule has 1 aliphatic rings. The summed E-state index contributed by atoms with van der Waals surface area (Å²) >= 11 is 0. The maximum absolute atomic E-state index is 12.1. The number of hydrogen-bond acceptors (Lipinski definition) is 4. The van der Waals surface area contributed by atoms with Crippen LogP contribution in [0.2, 0.25) is 0 Å². The molecule has 2 amide bonds. The number of nitrogens with one attached hydrogen (secondary N) is 1. The van der Waals surface area contributed by atoms with E-state index in [9.17, 15) is 14.7 Å². The number of aromatic nitrogens is 2. The van der Waals surface area contributed by atoms with E-state index in [1.165, 1.54) is 4.90 Å². The van der Waals surface area contributed by atoms with Crippen LogP contribution in [0.5, 0.6) is 0 Å². The van der Waals surface area contributed by atoms with Crippen molar-refractivity contribution in [3.8, 4) is 0 Å². The highest BCUT2D eigenvalue weighted by molar-refractivity contribution is 5.86. The minimum absolute atomic E-state index is 0.00961. The lowest BCUT2D eigenvalue weighted by molar-refractivity contribution is -0.144. The molecule has 8 heteroatoms. The van der Waals surface area contributed by atoms with Crippen molar-refractivity contribution in [3.05, 3.63) is 18.2 Å². The standard InChI is InChI=1S/C12H18N4O4/c1-15-5-4-13-9(15)7-16(2)11(19)14-12(10(17)18)3-6-20-8-12/h4-5H,3,6-8H2,1-2H3,(H,14,19)(H,17,18). The topological polar surface area (TPSA) is 96.7 Å². The fourth-order valence-corrected chi connectivity index (χ4v) is 2.02. The highest BCUT2D eigenvalue weighted by Gasteiger charge is 2.44. The SMILES string of the molecule is CN(Cc1nccn1C)C(=O)NC1(C(=O)O)CCOC1. The zero-order valence-electron chi connectivity index (χ0n) is 11.5. The van der Waals surface area contributed by atoms with Gasteiger partial charge in [0.1, 0.15) is 5.82 Å². The molecule has 0 aliphatic carbocycles. The number of rotatable bonds is 4. The second-order valence-corrected chi connectivity index (χ2v) is 4.93. The Morgan fingerprint density at radius 1 is 1.65 bits per heavy atom. The average molecular weight is 282 g/mol. The molecule has 8 nitrogen and oxygen atoms in total. The van der Waals surface area contributed by atoms with Crippen LogP contribution in [0, 0.1) is 0 Å². The number of carboxylic acid groups (broad SMARTS) is 1. The normalized spacial score (nSPS) is 21.7. The first-order valence-corrected chi connectivity index (χ1v) is 6.25. The summed E-state index contributed by atoms with van der Waals surface area (Å²) in [6.07, 6.45) is 3.69. The van der Waals surface area contributed by atoms with Crippen molar-refractivity contribution >= 4 is 12.0 Å². The van der Waals surface area contributed by atoms with Gasteiger partial charge in [-0.15, -0.1) is 0 Å². The van der Waals surface area contributed by atoms with Gasteiger partial charge in [-0.05, 0) is 0 Å². The van der Waals surface area contributed by atoms with Crippen LogP contribution in [0.4, 0.5) is 4.79 Å². The molecule has 2 N–H and O–H groups in total. The molecule has 0 saturated carbocycles. The molecule has 1 atom stereocenters. The van der Waals surface area contributed by atoms with Crippen LogP contribution in [-0.2, 0) is 23.1 Å². The third-order valence-corrected chi connectivity index (χ3v) is 3.42. The van der Waals surface area contributed by atoms with Crippen molar-refractivity contribution in [1.29, 1.82) is 0 Å². The fraction of sp³-hybridized carbons (Fsp3) is 0.583. The summed E-state index contributed by atoms with van der Waals surface area (Å²) < 4.78 is 6.90. The van der Waals surface area contributed by atoms with E-state index in [0.29, 0.717) is 13.2 Å². The summed E-state index contributed by atoms with van der Waals surface area (Å²) in [7, 11) is 3.42. The number of urea groups is 1. The summed E-state index contributed by atoms with van der Waals surface area (Å²) in [5.41, 5.74) is -1.33. The van der Waals surface area contributed by atoms with Gasteiger partial charge in [-0.25, -0.2) is 14.6 Å². The maximum Gasteiger partial charge on any atom is 0.332 e. The number of carbonyl (C=O) groups excluding carboxylic acids is 1. The molecule has 0 aromatic carbocycles. The van der Waals surface area contributed by atoms with Crippen LogP contribution < -0.4 is 5.32 Å². The molecule has 110 valence electrons. The minimum Gasteiger partial charge on any atom is -0.479 e. The van der Waals surface area contributed by atoms with E-state index in [4.69, 9.17) is 4.74 Å². The van der Waals surface area contributed by atoms with Gasteiger partial charge in [-0.2, -0.15) is 0 Å². The molecule has 1 aliphatic heterocycles. The van der Waals surface area contributed by atoms with Gasteiger partial charge in [0.25, 0.3) is 0 Å². The first-order chi connectivity index (χ1) is 9.44. The Bertz CT molecular complexity index is 507. The van der Waals surface area contributed by atoms with E-state index in [0.717, 1.165) is 5.82 Å². The summed E-state index contributed by atoms with van der Waals surface area (Å²) in [5.74, 6) is -0.358. The van der Waals surface area contributed by atoms with Crippen molar-refractivity contribution < 1.29 is 19.4 Å². The van der Waals surface area contributed by atoms with Crippen molar-refractivity contribution in [2.24, 2.45) is 7.05 Å². The second-order valence-electron chi connectivity index (χ2n) is 4.93. The lowest BCUT2D eigenvalue weighted by Gasteiger charge is -2.27. The van der Waals surface area contributed by atoms with Gasteiger partial charge in [0.2, 0.25) is 0 Å². The molecule has 2 heterocycles. The molecule has 0 spiro atoms. The number of nitrogens with zero attached hydrogens (tertiary/aromatic N) is 3. The van der Waals surface area contributed by atoms with E-state index < -0.39 is 17.5 Å². The summed E-state index contributed by atoms with van der Waals surface area (Å²) in [5, 5.41) is 11.8. The zero-order valence-corrected chi connectivity index (χ0v) is 11.5. The van der Waals surface area contributed by atoms with Gasteiger partial charge in [-0.3, -0.25) is 0 Å². The zero-order chi connectivity index (χ0) is 14.8. The monoisotopic (exact) mass is 282 g/mol. The first kappa shape index (κ1) is 14.3. The summed E-state index contributed by atoms with van der Waals surface area (Å²) in [4.78, 5) is 28.9. The highest BCUT2D eigenvalue weighted by Crippen LogP contribution is 2.19. The Morgan fingerprint density at radius 3 is 2.90 bits per heavy atom. The molecule has 0 radical (unpaired) electrons. The van der Waals surface area contributed by atoms with Crippen molar-refractivity contribution in [2.45, 2.75) is 18.5 Å². The van der Waals surface area contributed by atoms with Gasteiger partial charge in [0.15, 0.2) is 5.54 Å². The Morgan fingerprint density at radius 2 is 2.40 bits per heavy atom. The lowest BCUT2D eigenvalue weighted by atomic mass is 9.99. The Labute approximate surface area is 116 Å².